The van der Waals surface area contributed by atoms with Gasteiger partial charge in [-0.05, 0) is 38.3 Å². The number of carbonyl (C=O) groups excluding carboxylic acids is 1. The third kappa shape index (κ3) is 4.62. The summed E-state index contributed by atoms with van der Waals surface area (Å²) in [4.78, 5) is 14.5. The molecule has 1 aliphatic carbocycles. The average molecular weight is 280 g/mol. The fourth-order valence-electron chi connectivity index (χ4n) is 2.56. The lowest BCUT2D eigenvalue weighted by Gasteiger charge is -2.22. The maximum atomic E-state index is 11.8. The SMILES string of the molecule is Cc1cc(CNCC(=O)NC2CCCCC2)sc1C. The van der Waals surface area contributed by atoms with Crippen LogP contribution >= 0.6 is 11.3 Å². The quantitative estimate of drug-likeness (QED) is 0.871. The van der Waals surface area contributed by atoms with Gasteiger partial charge in [0.15, 0.2) is 0 Å². The molecule has 106 valence electrons. The van der Waals surface area contributed by atoms with Gasteiger partial charge in [-0.2, -0.15) is 0 Å². The molecule has 0 bridgehead atoms. The third-order valence-corrected chi connectivity index (χ3v) is 4.92. The highest BCUT2D eigenvalue weighted by Crippen LogP contribution is 2.20. The number of rotatable bonds is 5. The summed E-state index contributed by atoms with van der Waals surface area (Å²) in [7, 11) is 0. The van der Waals surface area contributed by atoms with E-state index in [1.807, 2.05) is 11.3 Å². The lowest BCUT2D eigenvalue weighted by molar-refractivity contribution is -0.121. The standard InChI is InChI=1S/C15H24N2OS/c1-11-8-14(19-12(11)2)9-16-10-15(18)17-13-6-4-3-5-7-13/h8,13,16H,3-7,9-10H2,1-2H3,(H,17,18). The van der Waals surface area contributed by atoms with Gasteiger partial charge in [0.25, 0.3) is 0 Å². The Labute approximate surface area is 119 Å². The van der Waals surface area contributed by atoms with Crippen molar-refractivity contribution >= 4 is 17.2 Å². The second kappa shape index (κ2) is 7.06. The number of thiophene rings is 1. The second-order valence-electron chi connectivity index (χ2n) is 5.46. The fraction of sp³-hybridized carbons (Fsp3) is 0.667. The van der Waals surface area contributed by atoms with Crippen molar-refractivity contribution in [2.45, 2.75) is 58.5 Å². The first-order chi connectivity index (χ1) is 9.15. The topological polar surface area (TPSA) is 41.1 Å². The number of hydrogen-bond donors (Lipinski definition) is 2. The molecule has 4 heteroatoms. The van der Waals surface area contributed by atoms with Crippen LogP contribution in [0, 0.1) is 13.8 Å². The molecule has 1 saturated carbocycles. The van der Waals surface area contributed by atoms with Crippen LogP contribution < -0.4 is 10.6 Å². The highest BCUT2D eigenvalue weighted by molar-refractivity contribution is 7.12. The molecule has 19 heavy (non-hydrogen) atoms. The molecule has 1 aromatic heterocycles. The van der Waals surface area contributed by atoms with Crippen LogP contribution in [0.15, 0.2) is 6.07 Å². The van der Waals surface area contributed by atoms with Gasteiger partial charge in [-0.15, -0.1) is 11.3 Å². The first-order valence-electron chi connectivity index (χ1n) is 7.21. The molecule has 3 nitrogen and oxygen atoms in total. The minimum absolute atomic E-state index is 0.136. The Morgan fingerprint density at radius 3 is 2.68 bits per heavy atom. The van der Waals surface area contributed by atoms with E-state index >= 15 is 0 Å². The average Bonchev–Trinajstić information content (AvgIpc) is 2.70. The van der Waals surface area contributed by atoms with Gasteiger partial charge in [0.1, 0.15) is 0 Å². The molecule has 1 amide bonds. The Hall–Kier alpha value is -0.870. The summed E-state index contributed by atoms with van der Waals surface area (Å²) in [6.07, 6.45) is 6.13. The van der Waals surface area contributed by atoms with Crippen LogP contribution in [-0.2, 0) is 11.3 Å². The van der Waals surface area contributed by atoms with E-state index in [0.717, 1.165) is 19.4 Å². The highest BCUT2D eigenvalue weighted by Gasteiger charge is 2.15. The van der Waals surface area contributed by atoms with Crippen molar-refractivity contribution in [3.63, 3.8) is 0 Å². The highest BCUT2D eigenvalue weighted by atomic mass is 32.1. The van der Waals surface area contributed by atoms with Crippen LogP contribution in [0.4, 0.5) is 0 Å². The van der Waals surface area contributed by atoms with Crippen molar-refractivity contribution in [1.29, 1.82) is 0 Å². The van der Waals surface area contributed by atoms with Gasteiger partial charge in [-0.3, -0.25) is 4.79 Å². The van der Waals surface area contributed by atoms with Crippen LogP contribution in [0.2, 0.25) is 0 Å². The van der Waals surface area contributed by atoms with Crippen molar-refractivity contribution in [2.75, 3.05) is 6.54 Å². The summed E-state index contributed by atoms with van der Waals surface area (Å²) in [5, 5.41) is 6.35. The monoisotopic (exact) mass is 280 g/mol. The number of hydrogen-bond acceptors (Lipinski definition) is 3. The van der Waals surface area contributed by atoms with Crippen LogP contribution in [0.5, 0.6) is 0 Å². The molecule has 0 aliphatic heterocycles. The zero-order valence-corrected chi connectivity index (χ0v) is 12.7. The van der Waals surface area contributed by atoms with Crippen LogP contribution in [0.1, 0.15) is 47.4 Å². The Balaban J connectivity index is 1.66. The second-order valence-corrected chi connectivity index (χ2v) is 6.80. The number of carbonyl (C=O) groups is 1. The largest absolute Gasteiger partial charge is 0.352 e. The van der Waals surface area contributed by atoms with Crippen molar-refractivity contribution in [1.82, 2.24) is 10.6 Å². The molecule has 0 radical (unpaired) electrons. The normalized spacial score (nSPS) is 16.5. The summed E-state index contributed by atoms with van der Waals surface area (Å²) in [5.74, 6) is 0.136. The molecular weight excluding hydrogens is 256 g/mol. The zero-order valence-electron chi connectivity index (χ0n) is 11.9. The number of aryl methyl sites for hydroxylation is 2. The van der Waals surface area contributed by atoms with Gasteiger partial charge in [0.2, 0.25) is 5.91 Å². The van der Waals surface area contributed by atoms with Crippen molar-refractivity contribution in [3.05, 3.63) is 21.4 Å². The minimum Gasteiger partial charge on any atom is -0.352 e. The minimum atomic E-state index is 0.136. The molecule has 0 unspecified atom stereocenters. The van der Waals surface area contributed by atoms with Gasteiger partial charge < -0.3 is 10.6 Å². The molecule has 0 atom stereocenters. The molecule has 2 N–H and O–H groups in total. The molecule has 0 aromatic carbocycles. The van der Waals surface area contributed by atoms with E-state index in [1.54, 1.807) is 0 Å². The summed E-state index contributed by atoms with van der Waals surface area (Å²) >= 11 is 1.81. The molecule has 1 aliphatic rings. The molecule has 1 fully saturated rings. The van der Waals surface area contributed by atoms with Gasteiger partial charge in [0, 0.05) is 22.3 Å². The van der Waals surface area contributed by atoms with Crippen molar-refractivity contribution in [2.24, 2.45) is 0 Å². The van der Waals surface area contributed by atoms with Gasteiger partial charge in [0.05, 0.1) is 6.54 Å². The van der Waals surface area contributed by atoms with E-state index in [9.17, 15) is 4.79 Å². The smallest absolute Gasteiger partial charge is 0.234 e. The number of amides is 1. The third-order valence-electron chi connectivity index (χ3n) is 3.77. The van der Waals surface area contributed by atoms with E-state index in [1.165, 1.54) is 34.6 Å². The predicted molar refractivity (Wildman–Crippen MR) is 80.5 cm³/mol. The summed E-state index contributed by atoms with van der Waals surface area (Å²) in [6.45, 7) is 5.48. The maximum Gasteiger partial charge on any atom is 0.234 e. The summed E-state index contributed by atoms with van der Waals surface area (Å²) in [5.41, 5.74) is 1.34. The summed E-state index contributed by atoms with van der Waals surface area (Å²) < 4.78 is 0. The lowest BCUT2D eigenvalue weighted by atomic mass is 9.95. The molecule has 2 rings (SSSR count). The Kier molecular flexibility index (Phi) is 5.40. The molecule has 0 saturated heterocycles. The van der Waals surface area contributed by atoms with Crippen molar-refractivity contribution in [3.8, 4) is 0 Å². The predicted octanol–water partition coefficient (Wildman–Crippen LogP) is 2.90. The van der Waals surface area contributed by atoms with Crippen LogP contribution in [-0.4, -0.2) is 18.5 Å². The fourth-order valence-corrected chi connectivity index (χ4v) is 3.58. The van der Waals surface area contributed by atoms with Gasteiger partial charge in [-0.25, -0.2) is 0 Å². The Morgan fingerprint density at radius 1 is 1.32 bits per heavy atom. The summed E-state index contributed by atoms with van der Waals surface area (Å²) in [6, 6.07) is 2.61. The van der Waals surface area contributed by atoms with E-state index in [0.29, 0.717) is 12.6 Å². The van der Waals surface area contributed by atoms with Gasteiger partial charge >= 0.3 is 0 Å². The van der Waals surface area contributed by atoms with Gasteiger partial charge in [-0.1, -0.05) is 19.3 Å². The number of nitrogens with one attached hydrogen (secondary N) is 2. The van der Waals surface area contributed by atoms with Crippen molar-refractivity contribution < 1.29 is 4.79 Å². The van der Waals surface area contributed by atoms with E-state index in [-0.39, 0.29) is 5.91 Å². The first-order valence-corrected chi connectivity index (χ1v) is 8.03. The lowest BCUT2D eigenvalue weighted by Crippen LogP contribution is -2.41. The van der Waals surface area contributed by atoms with Crippen LogP contribution in [0.3, 0.4) is 0 Å². The molecular formula is C15H24N2OS. The molecule has 0 spiro atoms. The van der Waals surface area contributed by atoms with Crippen LogP contribution in [0.25, 0.3) is 0 Å². The Morgan fingerprint density at radius 2 is 2.05 bits per heavy atom. The van der Waals surface area contributed by atoms with E-state index < -0.39 is 0 Å². The zero-order chi connectivity index (χ0) is 13.7. The molecule has 1 aromatic rings. The first kappa shape index (κ1) is 14.5. The maximum absolute atomic E-state index is 11.8. The molecule has 1 heterocycles. The Bertz CT molecular complexity index is 402. The van der Waals surface area contributed by atoms with E-state index in [4.69, 9.17) is 0 Å². The van der Waals surface area contributed by atoms with E-state index in [2.05, 4.69) is 30.5 Å².